The van der Waals surface area contributed by atoms with Crippen molar-refractivity contribution < 1.29 is 14.6 Å². The van der Waals surface area contributed by atoms with Gasteiger partial charge in [0.15, 0.2) is 0 Å². The number of cyclic esters (lactones) is 1. The van der Waals surface area contributed by atoms with Gasteiger partial charge in [0.1, 0.15) is 12.2 Å². The molecular weight excluding hydrogens is 132 g/mol. The maximum absolute atomic E-state index is 10.8. The maximum Gasteiger partial charge on any atom is 0.336 e. The van der Waals surface area contributed by atoms with Gasteiger partial charge in [0.25, 0.3) is 0 Å². The minimum absolute atomic E-state index is 0.368. The molecule has 3 heteroatoms. The molecular formula is C7H10O3. The van der Waals surface area contributed by atoms with Crippen LogP contribution >= 0.6 is 0 Å². The summed E-state index contributed by atoms with van der Waals surface area (Å²) >= 11 is 0. The van der Waals surface area contributed by atoms with Crippen molar-refractivity contribution in [1.82, 2.24) is 0 Å². The molecule has 1 aliphatic heterocycles. The van der Waals surface area contributed by atoms with Crippen LogP contribution in [0.15, 0.2) is 11.6 Å². The van der Waals surface area contributed by atoms with E-state index in [1.54, 1.807) is 19.9 Å². The minimum Gasteiger partial charge on any atom is -0.456 e. The summed E-state index contributed by atoms with van der Waals surface area (Å²) in [5.41, 5.74) is 0.368. The number of hydrogen-bond donors (Lipinski definition) is 1. The first-order chi connectivity index (χ1) is 4.66. The number of carbonyl (C=O) groups excluding carboxylic acids is 1. The Morgan fingerprint density at radius 1 is 1.70 bits per heavy atom. The highest BCUT2D eigenvalue weighted by Gasteiger charge is 2.34. The molecule has 10 heavy (non-hydrogen) atoms. The normalized spacial score (nSPS) is 36.7. The first kappa shape index (κ1) is 7.28. The Hall–Kier alpha value is -0.830. The Morgan fingerprint density at radius 2 is 2.30 bits per heavy atom. The van der Waals surface area contributed by atoms with Crippen LogP contribution in [0.2, 0.25) is 0 Å². The molecule has 1 N–H and O–H groups in total. The van der Waals surface area contributed by atoms with Gasteiger partial charge < -0.3 is 9.84 Å². The second-order valence-electron chi connectivity index (χ2n) is 2.30. The quantitative estimate of drug-likeness (QED) is 0.389. The molecule has 3 nitrogen and oxygen atoms in total. The van der Waals surface area contributed by atoms with Crippen molar-refractivity contribution in [3.8, 4) is 0 Å². The van der Waals surface area contributed by atoms with Crippen molar-refractivity contribution in [2.75, 3.05) is 0 Å². The van der Waals surface area contributed by atoms with Gasteiger partial charge in [-0.25, -0.2) is 4.79 Å². The molecule has 56 valence electrons. The number of carbonyl (C=O) groups is 1. The van der Waals surface area contributed by atoms with Crippen molar-refractivity contribution in [3.05, 3.63) is 11.6 Å². The van der Waals surface area contributed by atoms with Crippen LogP contribution in [0.1, 0.15) is 13.8 Å². The van der Waals surface area contributed by atoms with Gasteiger partial charge in [-0.15, -0.1) is 0 Å². The topological polar surface area (TPSA) is 46.5 Å². The molecule has 1 fully saturated rings. The van der Waals surface area contributed by atoms with E-state index in [2.05, 4.69) is 0 Å². The Bertz CT molecular complexity index is 183. The van der Waals surface area contributed by atoms with Crippen molar-refractivity contribution in [2.24, 2.45) is 0 Å². The highest BCUT2D eigenvalue weighted by atomic mass is 16.6. The predicted molar refractivity (Wildman–Crippen MR) is 35.3 cm³/mol. The van der Waals surface area contributed by atoms with Gasteiger partial charge in [0.05, 0.1) is 5.57 Å². The van der Waals surface area contributed by atoms with Crippen molar-refractivity contribution in [3.63, 3.8) is 0 Å². The second kappa shape index (κ2) is 2.42. The first-order valence-electron chi connectivity index (χ1n) is 3.22. The van der Waals surface area contributed by atoms with E-state index in [-0.39, 0.29) is 0 Å². The van der Waals surface area contributed by atoms with E-state index in [0.29, 0.717) is 5.57 Å². The first-order valence-corrected chi connectivity index (χ1v) is 3.22. The average molecular weight is 142 g/mol. The van der Waals surface area contributed by atoms with Crippen LogP contribution in [0.3, 0.4) is 0 Å². The van der Waals surface area contributed by atoms with Crippen LogP contribution in [0, 0.1) is 0 Å². The third-order valence-electron chi connectivity index (χ3n) is 1.60. The lowest BCUT2D eigenvalue weighted by Crippen LogP contribution is -2.17. The zero-order chi connectivity index (χ0) is 7.72. The fraction of sp³-hybridized carbons (Fsp3) is 0.571. The van der Waals surface area contributed by atoms with Crippen molar-refractivity contribution >= 4 is 5.97 Å². The zero-order valence-electron chi connectivity index (χ0n) is 6.00. The lowest BCUT2D eigenvalue weighted by Gasteiger charge is -2.03. The Labute approximate surface area is 59.3 Å². The van der Waals surface area contributed by atoms with Crippen LogP contribution < -0.4 is 0 Å². The number of hydrogen-bond acceptors (Lipinski definition) is 3. The third-order valence-corrected chi connectivity index (χ3v) is 1.60. The van der Waals surface area contributed by atoms with Gasteiger partial charge in [-0.3, -0.25) is 0 Å². The summed E-state index contributed by atoms with van der Waals surface area (Å²) in [6.45, 7) is 3.37. The van der Waals surface area contributed by atoms with Gasteiger partial charge in [-0.2, -0.15) is 0 Å². The van der Waals surface area contributed by atoms with Crippen molar-refractivity contribution in [2.45, 2.75) is 26.1 Å². The summed E-state index contributed by atoms with van der Waals surface area (Å²) in [5, 5.41) is 9.21. The molecule has 0 amide bonds. The highest BCUT2D eigenvalue weighted by Crippen LogP contribution is 2.19. The number of esters is 1. The lowest BCUT2D eigenvalue weighted by atomic mass is 10.1. The number of aliphatic hydroxyl groups is 1. The van der Waals surface area contributed by atoms with E-state index in [0.717, 1.165) is 0 Å². The molecule has 0 saturated carbocycles. The number of aliphatic hydroxyl groups excluding tert-OH is 1. The molecule has 0 aromatic rings. The van der Waals surface area contributed by atoms with Gasteiger partial charge >= 0.3 is 5.97 Å². The van der Waals surface area contributed by atoms with E-state index in [1.165, 1.54) is 0 Å². The zero-order valence-corrected chi connectivity index (χ0v) is 6.00. The molecule has 0 unspecified atom stereocenters. The molecule has 0 aliphatic carbocycles. The monoisotopic (exact) mass is 142 g/mol. The third kappa shape index (κ3) is 0.926. The van der Waals surface area contributed by atoms with Crippen LogP contribution in [-0.4, -0.2) is 23.3 Å². The van der Waals surface area contributed by atoms with E-state index < -0.39 is 18.2 Å². The standard InChI is InChI=1S/C7H10O3/c1-3-5-6(8)4(2)10-7(5)9/h3-4,6,8H,1-2H3/b5-3-/t4-,6+/m0/s1. The molecule has 0 aromatic heterocycles. The van der Waals surface area contributed by atoms with Crippen LogP contribution in [0.4, 0.5) is 0 Å². The summed E-state index contributed by atoms with van der Waals surface area (Å²) in [6.07, 6.45) is 0.451. The molecule has 1 saturated heterocycles. The molecule has 2 atom stereocenters. The van der Waals surface area contributed by atoms with E-state index in [9.17, 15) is 9.90 Å². The van der Waals surface area contributed by atoms with Gasteiger partial charge in [0.2, 0.25) is 0 Å². The van der Waals surface area contributed by atoms with Gasteiger partial charge in [-0.05, 0) is 13.8 Å². The van der Waals surface area contributed by atoms with E-state index >= 15 is 0 Å². The Balaban J connectivity index is 2.85. The maximum atomic E-state index is 10.8. The number of allylic oxidation sites excluding steroid dienone is 1. The molecule has 0 spiro atoms. The molecule has 0 bridgehead atoms. The van der Waals surface area contributed by atoms with Gasteiger partial charge in [-0.1, -0.05) is 6.08 Å². The Kier molecular flexibility index (Phi) is 1.76. The van der Waals surface area contributed by atoms with E-state index in [4.69, 9.17) is 4.74 Å². The number of rotatable bonds is 0. The molecule has 0 radical (unpaired) electrons. The predicted octanol–water partition coefficient (Wildman–Crippen LogP) is 0.239. The minimum atomic E-state index is -0.738. The highest BCUT2D eigenvalue weighted by molar-refractivity contribution is 5.91. The summed E-state index contributed by atoms with van der Waals surface area (Å²) < 4.78 is 4.72. The lowest BCUT2D eigenvalue weighted by molar-refractivity contribution is -0.138. The van der Waals surface area contributed by atoms with Crippen molar-refractivity contribution in [1.29, 1.82) is 0 Å². The molecule has 1 rings (SSSR count). The molecule has 1 heterocycles. The molecule has 0 aromatic carbocycles. The van der Waals surface area contributed by atoms with Crippen LogP contribution in [-0.2, 0) is 9.53 Å². The summed E-state index contributed by atoms with van der Waals surface area (Å²) in [5.74, 6) is -0.400. The second-order valence-corrected chi connectivity index (χ2v) is 2.30. The van der Waals surface area contributed by atoms with Crippen LogP contribution in [0.5, 0.6) is 0 Å². The molecule has 1 aliphatic rings. The van der Waals surface area contributed by atoms with Gasteiger partial charge in [0, 0.05) is 0 Å². The van der Waals surface area contributed by atoms with Crippen LogP contribution in [0.25, 0.3) is 0 Å². The fourth-order valence-corrected chi connectivity index (χ4v) is 0.964. The fourth-order valence-electron chi connectivity index (χ4n) is 0.964. The SMILES string of the molecule is C/C=C1\C(=O)O[C@@H](C)[C@H]1O. The number of ether oxygens (including phenoxy) is 1. The largest absolute Gasteiger partial charge is 0.456 e. The smallest absolute Gasteiger partial charge is 0.336 e. The Morgan fingerprint density at radius 3 is 2.50 bits per heavy atom. The van der Waals surface area contributed by atoms with E-state index in [1.807, 2.05) is 0 Å². The summed E-state index contributed by atoms with van der Waals surface area (Å²) in [6, 6.07) is 0. The summed E-state index contributed by atoms with van der Waals surface area (Å²) in [7, 11) is 0. The summed E-state index contributed by atoms with van der Waals surface area (Å²) in [4.78, 5) is 10.8. The average Bonchev–Trinajstić information content (AvgIpc) is 2.09.